The van der Waals surface area contributed by atoms with Gasteiger partial charge in [-0.05, 0) is 107 Å². The molecule has 0 unspecified atom stereocenters. The average molecular weight is 467 g/mol. The average Bonchev–Trinajstić information content (AvgIpc) is 3.10. The molecule has 4 saturated carbocycles. The van der Waals surface area contributed by atoms with Crippen molar-refractivity contribution in [2.75, 3.05) is 13.1 Å². The lowest BCUT2D eigenvalue weighted by atomic mass is 9.49. The van der Waals surface area contributed by atoms with Gasteiger partial charge in [-0.3, -0.25) is 14.0 Å². The Morgan fingerprint density at radius 3 is 2.35 bits per heavy atom. The van der Waals surface area contributed by atoms with Crippen molar-refractivity contribution < 1.29 is 14.7 Å². The molecule has 7 nitrogen and oxygen atoms in total. The van der Waals surface area contributed by atoms with E-state index in [2.05, 4.69) is 15.6 Å². The van der Waals surface area contributed by atoms with Gasteiger partial charge in [-0.25, -0.2) is 4.98 Å². The van der Waals surface area contributed by atoms with Gasteiger partial charge in [-0.1, -0.05) is 6.07 Å². The molecular weight excluding hydrogens is 428 g/mol. The van der Waals surface area contributed by atoms with Crippen LogP contribution in [0.4, 0.5) is 0 Å². The fourth-order valence-corrected chi connectivity index (χ4v) is 7.30. The third-order valence-electron chi connectivity index (χ3n) is 8.36. The topological polar surface area (TPSA) is 95.7 Å². The minimum Gasteiger partial charge on any atom is -0.390 e. The van der Waals surface area contributed by atoms with Crippen LogP contribution in [0.5, 0.6) is 0 Å². The zero-order chi connectivity index (χ0) is 24.1. The summed E-state index contributed by atoms with van der Waals surface area (Å²) in [4.78, 5) is 30.6. The number of hydrogen-bond donors (Lipinski definition) is 3. The quantitative estimate of drug-likeness (QED) is 0.515. The fraction of sp³-hybridized carbons (Fsp3) is 0.667. The predicted molar refractivity (Wildman–Crippen MR) is 131 cm³/mol. The molecule has 4 fully saturated rings. The van der Waals surface area contributed by atoms with Crippen LogP contribution < -0.4 is 10.6 Å². The van der Waals surface area contributed by atoms with Crippen molar-refractivity contribution in [3.63, 3.8) is 0 Å². The number of aliphatic hydroxyl groups is 1. The summed E-state index contributed by atoms with van der Waals surface area (Å²) in [5.41, 5.74) is 1.65. The minimum atomic E-state index is -0.748. The summed E-state index contributed by atoms with van der Waals surface area (Å²) in [5, 5.41) is 16.0. The van der Waals surface area contributed by atoms with E-state index in [-0.39, 0.29) is 17.2 Å². The molecule has 7 heteroatoms. The van der Waals surface area contributed by atoms with E-state index in [1.54, 1.807) is 18.2 Å². The fourth-order valence-electron chi connectivity index (χ4n) is 7.30. The number of nitrogens with one attached hydrogen (secondary N) is 2. The summed E-state index contributed by atoms with van der Waals surface area (Å²) >= 11 is 0. The second kappa shape index (κ2) is 8.67. The normalized spacial score (nSPS) is 27.8. The summed E-state index contributed by atoms with van der Waals surface area (Å²) in [5.74, 6) is 2.21. The first-order valence-corrected chi connectivity index (χ1v) is 12.9. The number of hydrogen-bond acceptors (Lipinski definition) is 4. The zero-order valence-electron chi connectivity index (χ0n) is 20.7. The van der Waals surface area contributed by atoms with Crippen LogP contribution in [0.25, 0.3) is 5.65 Å². The zero-order valence-corrected chi connectivity index (χ0v) is 20.7. The van der Waals surface area contributed by atoms with Crippen LogP contribution in [0.2, 0.25) is 0 Å². The SMILES string of the molecule is Cc1c(C(=O)NCCCC(C)(C)O)nc2cccc(C(=O)NCC34CC5CC(CC(C5)C3)C4)n12. The van der Waals surface area contributed by atoms with E-state index in [4.69, 9.17) is 0 Å². The van der Waals surface area contributed by atoms with Crippen molar-refractivity contribution in [1.29, 1.82) is 0 Å². The number of aryl methyl sites for hydroxylation is 1. The molecule has 2 heterocycles. The maximum atomic E-state index is 13.3. The van der Waals surface area contributed by atoms with Crippen molar-refractivity contribution in [3.05, 3.63) is 35.3 Å². The van der Waals surface area contributed by atoms with E-state index in [1.165, 1.54) is 38.5 Å². The van der Waals surface area contributed by atoms with Crippen LogP contribution in [0.3, 0.4) is 0 Å². The standard InChI is InChI=1S/C27H38N4O3/c1-17-23(25(33)28-9-5-8-26(2,3)34)30-22-7-4-6-21(31(17)22)24(32)29-16-27-13-18-10-19(14-27)12-20(11-18)15-27/h4,6-7,18-20,34H,5,8-16H2,1-3H3,(H,28,33)(H,29,32). The van der Waals surface area contributed by atoms with Gasteiger partial charge in [0, 0.05) is 13.1 Å². The van der Waals surface area contributed by atoms with Gasteiger partial charge in [-0.2, -0.15) is 0 Å². The summed E-state index contributed by atoms with van der Waals surface area (Å²) in [7, 11) is 0. The summed E-state index contributed by atoms with van der Waals surface area (Å²) in [6.07, 6.45) is 9.23. The molecule has 0 radical (unpaired) electrons. The molecule has 184 valence electrons. The first-order chi connectivity index (χ1) is 16.1. The predicted octanol–water partition coefficient (Wildman–Crippen LogP) is 3.87. The summed E-state index contributed by atoms with van der Waals surface area (Å²) in [6.45, 7) is 6.57. The molecule has 0 aliphatic heterocycles. The molecule has 4 aliphatic carbocycles. The van der Waals surface area contributed by atoms with Crippen LogP contribution in [0.1, 0.15) is 91.9 Å². The molecule has 0 aromatic carbocycles. The van der Waals surface area contributed by atoms with Crippen LogP contribution in [-0.4, -0.2) is 45.0 Å². The van der Waals surface area contributed by atoms with Gasteiger partial charge >= 0.3 is 0 Å². The number of pyridine rings is 1. The van der Waals surface area contributed by atoms with Crippen molar-refractivity contribution in [3.8, 4) is 0 Å². The Morgan fingerprint density at radius 2 is 1.74 bits per heavy atom. The number of nitrogens with zero attached hydrogens (tertiary/aromatic N) is 2. The van der Waals surface area contributed by atoms with Crippen LogP contribution in [0.15, 0.2) is 18.2 Å². The Kier molecular flexibility index (Phi) is 5.95. The van der Waals surface area contributed by atoms with Crippen LogP contribution in [0, 0.1) is 30.1 Å². The van der Waals surface area contributed by atoms with Crippen LogP contribution >= 0.6 is 0 Å². The Labute approximate surface area is 201 Å². The number of amides is 2. The van der Waals surface area contributed by atoms with Gasteiger partial charge < -0.3 is 15.7 Å². The number of fused-ring (bicyclic) bond motifs is 1. The second-order valence-electron chi connectivity index (χ2n) is 11.9. The Balaban J connectivity index is 1.28. The van der Waals surface area contributed by atoms with Crippen molar-refractivity contribution in [2.45, 2.75) is 77.7 Å². The lowest BCUT2D eigenvalue weighted by Crippen LogP contribution is -2.51. The lowest BCUT2D eigenvalue weighted by Gasteiger charge is -2.56. The summed E-state index contributed by atoms with van der Waals surface area (Å²) in [6, 6.07) is 5.46. The highest BCUT2D eigenvalue weighted by molar-refractivity contribution is 5.96. The van der Waals surface area contributed by atoms with Gasteiger partial charge in [0.05, 0.1) is 11.3 Å². The molecule has 3 N–H and O–H groups in total. The Bertz CT molecular complexity index is 1060. The molecule has 2 amide bonds. The molecule has 6 rings (SSSR count). The second-order valence-corrected chi connectivity index (χ2v) is 11.9. The van der Waals surface area contributed by atoms with Gasteiger partial charge in [0.15, 0.2) is 0 Å². The van der Waals surface area contributed by atoms with Gasteiger partial charge in [0.1, 0.15) is 17.0 Å². The van der Waals surface area contributed by atoms with Crippen LogP contribution in [-0.2, 0) is 0 Å². The molecule has 0 atom stereocenters. The van der Waals surface area contributed by atoms with E-state index >= 15 is 0 Å². The van der Waals surface area contributed by atoms with Gasteiger partial charge in [0.2, 0.25) is 0 Å². The first kappa shape index (κ1) is 23.3. The van der Waals surface area contributed by atoms with E-state index < -0.39 is 5.60 Å². The van der Waals surface area contributed by atoms with E-state index in [9.17, 15) is 14.7 Å². The van der Waals surface area contributed by atoms with Crippen molar-refractivity contribution >= 4 is 17.5 Å². The molecule has 2 aromatic heterocycles. The minimum absolute atomic E-state index is 0.0982. The maximum absolute atomic E-state index is 13.3. The highest BCUT2D eigenvalue weighted by Gasteiger charge is 2.50. The van der Waals surface area contributed by atoms with E-state index in [0.29, 0.717) is 42.1 Å². The maximum Gasteiger partial charge on any atom is 0.271 e. The number of carbonyl (C=O) groups excluding carboxylic acids is 2. The van der Waals surface area contributed by atoms with Crippen molar-refractivity contribution in [1.82, 2.24) is 20.0 Å². The lowest BCUT2D eigenvalue weighted by molar-refractivity contribution is -0.0503. The molecule has 0 spiro atoms. The van der Waals surface area contributed by atoms with E-state index in [1.807, 2.05) is 25.1 Å². The first-order valence-electron chi connectivity index (χ1n) is 12.9. The van der Waals surface area contributed by atoms with Gasteiger partial charge in [-0.15, -0.1) is 0 Å². The molecule has 2 aromatic rings. The molecule has 34 heavy (non-hydrogen) atoms. The highest BCUT2D eigenvalue weighted by atomic mass is 16.3. The largest absolute Gasteiger partial charge is 0.390 e. The number of aromatic nitrogens is 2. The highest BCUT2D eigenvalue weighted by Crippen LogP contribution is 2.59. The monoisotopic (exact) mass is 466 g/mol. The molecule has 4 bridgehead atoms. The molecule has 4 aliphatic rings. The van der Waals surface area contributed by atoms with E-state index in [0.717, 1.165) is 24.3 Å². The smallest absolute Gasteiger partial charge is 0.271 e. The van der Waals surface area contributed by atoms with Gasteiger partial charge in [0.25, 0.3) is 11.8 Å². The Morgan fingerprint density at radius 1 is 1.09 bits per heavy atom. The number of rotatable bonds is 8. The summed E-state index contributed by atoms with van der Waals surface area (Å²) < 4.78 is 1.79. The molecular formula is C27H38N4O3. The number of imidazole rings is 1. The Hall–Kier alpha value is -2.41. The molecule has 0 saturated heterocycles. The third kappa shape index (κ3) is 4.59. The third-order valence-corrected chi connectivity index (χ3v) is 8.36. The number of carbonyl (C=O) groups is 2. The van der Waals surface area contributed by atoms with Crippen molar-refractivity contribution in [2.24, 2.45) is 23.2 Å².